The van der Waals surface area contributed by atoms with Gasteiger partial charge in [-0.2, -0.15) is 0 Å². The number of allylic oxidation sites excluding steroid dienone is 3. The molecule has 1 aliphatic rings. The lowest BCUT2D eigenvalue weighted by atomic mass is 10.1. The third-order valence-corrected chi connectivity index (χ3v) is 4.50. The zero-order valence-corrected chi connectivity index (χ0v) is 15.6. The van der Waals surface area contributed by atoms with E-state index in [-0.39, 0.29) is 5.78 Å². The number of Topliss-reactive ketones (excluding diaryl/α,β-unsaturated/α-hetero) is 1. The molecule has 138 valence electrons. The van der Waals surface area contributed by atoms with E-state index >= 15 is 0 Å². The van der Waals surface area contributed by atoms with Crippen LogP contribution < -0.4 is 9.47 Å². The maximum absolute atomic E-state index is 12.5. The van der Waals surface area contributed by atoms with Crippen molar-refractivity contribution in [1.82, 2.24) is 0 Å². The van der Waals surface area contributed by atoms with E-state index in [0.29, 0.717) is 29.4 Å². The minimum atomic E-state index is -0.113. The molecule has 0 saturated carbocycles. The first kappa shape index (κ1) is 17.8. The predicted molar refractivity (Wildman–Crippen MR) is 110 cm³/mol. The van der Waals surface area contributed by atoms with Crippen LogP contribution in [0.2, 0.25) is 0 Å². The largest absolute Gasteiger partial charge is 0.489 e. The molecule has 0 saturated heterocycles. The summed E-state index contributed by atoms with van der Waals surface area (Å²) in [5.74, 6) is 1.41. The minimum absolute atomic E-state index is 0.113. The van der Waals surface area contributed by atoms with E-state index in [1.54, 1.807) is 24.3 Å². The molecule has 1 heterocycles. The summed E-state index contributed by atoms with van der Waals surface area (Å²) < 4.78 is 11.6. The maximum Gasteiger partial charge on any atom is 0.231 e. The van der Waals surface area contributed by atoms with Crippen LogP contribution in [0, 0.1) is 6.92 Å². The Kier molecular flexibility index (Phi) is 5.07. The van der Waals surface area contributed by atoms with Crippen molar-refractivity contribution < 1.29 is 14.3 Å². The van der Waals surface area contributed by atoms with E-state index < -0.39 is 0 Å². The summed E-state index contributed by atoms with van der Waals surface area (Å²) in [4.78, 5) is 12.5. The average Bonchev–Trinajstić information content (AvgIpc) is 3.03. The Labute approximate surface area is 164 Å². The van der Waals surface area contributed by atoms with Crippen LogP contribution in [-0.4, -0.2) is 5.78 Å². The topological polar surface area (TPSA) is 35.5 Å². The van der Waals surface area contributed by atoms with Gasteiger partial charge in [0.2, 0.25) is 5.78 Å². The van der Waals surface area contributed by atoms with Crippen LogP contribution >= 0.6 is 0 Å². The fraction of sp³-hybridized carbons (Fsp3) is 0.0800. The number of carbonyl (C=O) groups excluding carboxylic acids is 1. The zero-order chi connectivity index (χ0) is 19.3. The average molecular weight is 368 g/mol. The first-order chi connectivity index (χ1) is 13.7. The molecular weight excluding hydrogens is 348 g/mol. The smallest absolute Gasteiger partial charge is 0.231 e. The molecule has 0 atom stereocenters. The lowest BCUT2D eigenvalue weighted by Crippen LogP contribution is -1.97. The molecule has 3 heteroatoms. The molecule has 1 aliphatic heterocycles. The second-order valence-electron chi connectivity index (χ2n) is 6.66. The second-order valence-corrected chi connectivity index (χ2v) is 6.66. The summed E-state index contributed by atoms with van der Waals surface area (Å²) in [5, 5.41) is 0. The van der Waals surface area contributed by atoms with Crippen molar-refractivity contribution in [2.45, 2.75) is 13.5 Å². The quantitative estimate of drug-likeness (QED) is 0.538. The maximum atomic E-state index is 12.5. The van der Waals surface area contributed by atoms with Gasteiger partial charge in [-0.1, -0.05) is 72.3 Å². The van der Waals surface area contributed by atoms with E-state index in [1.807, 2.05) is 54.6 Å². The normalized spacial score (nSPS) is 14.3. The molecule has 0 fully saturated rings. The van der Waals surface area contributed by atoms with E-state index in [2.05, 4.69) is 19.1 Å². The zero-order valence-electron chi connectivity index (χ0n) is 15.6. The third kappa shape index (κ3) is 4.04. The van der Waals surface area contributed by atoms with E-state index in [4.69, 9.17) is 9.47 Å². The Morgan fingerprint density at radius 2 is 1.75 bits per heavy atom. The number of hydrogen-bond donors (Lipinski definition) is 0. The number of ether oxygens (including phenoxy) is 2. The van der Waals surface area contributed by atoms with Crippen LogP contribution in [0.4, 0.5) is 0 Å². The summed E-state index contributed by atoms with van der Waals surface area (Å²) in [7, 11) is 0. The van der Waals surface area contributed by atoms with Gasteiger partial charge in [0.05, 0.1) is 5.56 Å². The lowest BCUT2D eigenvalue weighted by molar-refractivity contribution is 0.101. The van der Waals surface area contributed by atoms with Crippen molar-refractivity contribution in [3.63, 3.8) is 0 Å². The van der Waals surface area contributed by atoms with Gasteiger partial charge in [-0.3, -0.25) is 4.79 Å². The molecule has 0 aliphatic carbocycles. The summed E-state index contributed by atoms with van der Waals surface area (Å²) >= 11 is 0. The summed E-state index contributed by atoms with van der Waals surface area (Å²) in [6.45, 7) is 2.52. The number of hydrogen-bond acceptors (Lipinski definition) is 3. The van der Waals surface area contributed by atoms with Gasteiger partial charge >= 0.3 is 0 Å². The van der Waals surface area contributed by atoms with Crippen molar-refractivity contribution in [3.05, 3.63) is 113 Å². The number of benzene rings is 3. The highest BCUT2D eigenvalue weighted by atomic mass is 16.5. The van der Waals surface area contributed by atoms with Gasteiger partial charge < -0.3 is 9.47 Å². The molecule has 3 nitrogen and oxygen atoms in total. The van der Waals surface area contributed by atoms with E-state index in [1.165, 1.54) is 5.56 Å². The van der Waals surface area contributed by atoms with Gasteiger partial charge in [-0.25, -0.2) is 0 Å². The van der Waals surface area contributed by atoms with Crippen molar-refractivity contribution in [2.24, 2.45) is 0 Å². The Bertz CT molecular complexity index is 1040. The van der Waals surface area contributed by atoms with Crippen molar-refractivity contribution in [1.29, 1.82) is 0 Å². The molecule has 3 aromatic rings. The first-order valence-electron chi connectivity index (χ1n) is 9.17. The van der Waals surface area contributed by atoms with Crippen LogP contribution in [0.5, 0.6) is 11.5 Å². The highest BCUT2D eigenvalue weighted by molar-refractivity contribution is 6.12. The lowest BCUT2D eigenvalue weighted by Gasteiger charge is -2.07. The molecule has 0 aromatic heterocycles. The van der Waals surface area contributed by atoms with Crippen LogP contribution in [-0.2, 0) is 6.61 Å². The van der Waals surface area contributed by atoms with Crippen LogP contribution in [0.3, 0.4) is 0 Å². The van der Waals surface area contributed by atoms with Crippen LogP contribution in [0.1, 0.15) is 27.0 Å². The SMILES string of the molecule is Cc1ccc(COc2ccc3c(c2)OC(=CC=Cc2ccccc2)C3=O)cc1. The molecule has 3 aromatic carbocycles. The van der Waals surface area contributed by atoms with Crippen LogP contribution in [0.25, 0.3) is 6.08 Å². The monoisotopic (exact) mass is 368 g/mol. The number of rotatable bonds is 5. The van der Waals surface area contributed by atoms with Crippen molar-refractivity contribution in [3.8, 4) is 11.5 Å². The third-order valence-electron chi connectivity index (χ3n) is 4.50. The van der Waals surface area contributed by atoms with Crippen LogP contribution in [0.15, 0.2) is 90.7 Å². The van der Waals surface area contributed by atoms with Gasteiger partial charge in [0.25, 0.3) is 0 Å². The summed E-state index contributed by atoms with van der Waals surface area (Å²) in [6.07, 6.45) is 5.45. The number of ketones is 1. The van der Waals surface area contributed by atoms with Crippen molar-refractivity contribution >= 4 is 11.9 Å². The molecule has 0 bridgehead atoms. The fourth-order valence-corrected chi connectivity index (χ4v) is 2.93. The van der Waals surface area contributed by atoms with Gasteiger partial charge in [0, 0.05) is 6.07 Å². The standard InChI is InChI=1S/C25H20O3/c1-18-10-12-20(13-11-18)17-27-21-14-15-22-24(16-21)28-23(25(22)26)9-5-8-19-6-3-2-4-7-19/h2-16H,17H2,1H3. The summed E-state index contributed by atoms with van der Waals surface area (Å²) in [5.41, 5.74) is 3.93. The van der Waals surface area contributed by atoms with Gasteiger partial charge in [0.1, 0.15) is 18.1 Å². The number of fused-ring (bicyclic) bond motifs is 1. The van der Waals surface area contributed by atoms with Gasteiger partial charge in [-0.15, -0.1) is 0 Å². The molecule has 28 heavy (non-hydrogen) atoms. The highest BCUT2D eigenvalue weighted by Gasteiger charge is 2.27. The van der Waals surface area contributed by atoms with E-state index in [0.717, 1.165) is 11.1 Å². The molecule has 4 rings (SSSR count). The highest BCUT2D eigenvalue weighted by Crippen LogP contribution is 2.34. The molecule has 0 unspecified atom stereocenters. The number of aryl methyl sites for hydroxylation is 1. The molecule has 0 amide bonds. The predicted octanol–water partition coefficient (Wildman–Crippen LogP) is 5.75. The second kappa shape index (κ2) is 7.97. The van der Waals surface area contributed by atoms with Crippen molar-refractivity contribution in [2.75, 3.05) is 0 Å². The first-order valence-corrected chi connectivity index (χ1v) is 9.17. The number of carbonyl (C=O) groups is 1. The van der Waals surface area contributed by atoms with E-state index in [9.17, 15) is 4.79 Å². The molecule has 0 N–H and O–H groups in total. The summed E-state index contributed by atoms with van der Waals surface area (Å²) in [6, 6.07) is 23.4. The Balaban J connectivity index is 1.44. The Morgan fingerprint density at radius 3 is 2.54 bits per heavy atom. The Morgan fingerprint density at radius 1 is 0.964 bits per heavy atom. The molecular formula is C25H20O3. The molecule has 0 spiro atoms. The van der Waals surface area contributed by atoms with Gasteiger partial charge in [0.15, 0.2) is 5.76 Å². The fourth-order valence-electron chi connectivity index (χ4n) is 2.93. The molecule has 0 radical (unpaired) electrons. The van der Waals surface area contributed by atoms with Gasteiger partial charge in [-0.05, 0) is 36.3 Å². The minimum Gasteiger partial charge on any atom is -0.489 e. The Hall–Kier alpha value is -3.59.